The number of benzene rings is 10. The van der Waals surface area contributed by atoms with Crippen LogP contribution in [0, 0.1) is 0 Å². The first-order chi connectivity index (χ1) is 44.0. The highest BCUT2D eigenvalue weighted by Crippen LogP contribution is 2.54. The Morgan fingerprint density at radius 3 is 0.979 bits per heavy atom. The largest absolute Gasteiger partial charge is 0.311 e. The maximum Gasteiger partial charge on any atom is 0.252 e. The Labute approximate surface area is 567 Å². The van der Waals surface area contributed by atoms with Crippen molar-refractivity contribution in [1.82, 2.24) is 0 Å². The van der Waals surface area contributed by atoms with E-state index in [2.05, 4.69) is 371 Å². The van der Waals surface area contributed by atoms with Gasteiger partial charge in [0.2, 0.25) is 0 Å². The molecule has 0 unspecified atom stereocenters. The van der Waals surface area contributed by atoms with Crippen LogP contribution < -0.4 is 36.0 Å². The second-order valence-corrected chi connectivity index (χ2v) is 35.2. The van der Waals surface area contributed by atoms with Crippen molar-refractivity contribution >= 4 is 123 Å². The molecule has 0 radical (unpaired) electrons. The third kappa shape index (κ3) is 11.7. The van der Waals surface area contributed by atoms with E-state index in [-0.39, 0.29) is 44.6 Å². The van der Waals surface area contributed by atoms with Gasteiger partial charge in [-0.1, -0.05) is 249 Å². The van der Waals surface area contributed by atoms with Crippen molar-refractivity contribution in [1.29, 1.82) is 0 Å². The molecule has 0 saturated carbocycles. The van der Waals surface area contributed by atoms with Crippen LogP contribution in [0.5, 0.6) is 0 Å². The van der Waals surface area contributed by atoms with Crippen LogP contribution in [0.2, 0.25) is 0 Å². The van der Waals surface area contributed by atoms with Gasteiger partial charge in [0.1, 0.15) is 0 Å². The summed E-state index contributed by atoms with van der Waals surface area (Å²) in [5.74, 6) is 0. The lowest BCUT2D eigenvalue weighted by Gasteiger charge is -2.46. The molecular weight excluding hydrogens is 1160 g/mol. The number of thiophene rings is 1. The van der Waals surface area contributed by atoms with Crippen molar-refractivity contribution in [3.63, 3.8) is 0 Å². The van der Waals surface area contributed by atoms with Crippen LogP contribution in [0.3, 0.4) is 0 Å². The molecule has 94 heavy (non-hydrogen) atoms. The molecule has 6 heteroatoms. The number of nitrogens with zero attached hydrogens (tertiary/aromatic N) is 4. The van der Waals surface area contributed by atoms with Gasteiger partial charge in [0, 0.05) is 72.3 Å². The number of rotatable bonds is 8. The Hall–Kier alpha value is -8.32. The van der Waals surface area contributed by atoms with E-state index in [1.807, 2.05) is 11.3 Å². The highest BCUT2D eigenvalue weighted by molar-refractivity contribution is 7.26. The van der Waals surface area contributed by atoms with Crippen molar-refractivity contribution in [3.05, 3.63) is 245 Å². The van der Waals surface area contributed by atoms with E-state index in [1.165, 1.54) is 92.6 Å². The summed E-state index contributed by atoms with van der Waals surface area (Å²) in [6, 6.07) is 81.0. The van der Waals surface area contributed by atoms with Crippen LogP contribution in [0.25, 0.3) is 20.2 Å². The Bertz CT molecular complexity index is 4560. The summed E-state index contributed by atoms with van der Waals surface area (Å²) < 4.78 is 2.50. The highest BCUT2D eigenvalue weighted by atomic mass is 32.1. The van der Waals surface area contributed by atoms with Crippen LogP contribution in [0.4, 0.5) is 68.2 Å². The molecule has 0 bridgehead atoms. The fraction of sp³-hybridized carbons (Fsp3) is 0.318. The van der Waals surface area contributed by atoms with Crippen LogP contribution in [0.1, 0.15) is 184 Å². The summed E-state index contributed by atoms with van der Waals surface area (Å²) >= 11 is 1.91. The summed E-state index contributed by atoms with van der Waals surface area (Å²) in [5.41, 5.74) is 26.3. The lowest BCUT2D eigenvalue weighted by Crippen LogP contribution is -2.61. The molecule has 13 rings (SSSR count). The predicted molar refractivity (Wildman–Crippen MR) is 414 cm³/mol. The highest BCUT2D eigenvalue weighted by Gasteiger charge is 2.46. The normalized spacial score (nSPS) is 13.7. The molecule has 0 spiro atoms. The predicted octanol–water partition coefficient (Wildman–Crippen LogP) is 24.2. The molecule has 0 N–H and O–H groups in total. The standard InChI is InChI=1S/C88H97BN4S/c1-82(2,3)56-26-38-63(39-27-56)90(64-40-28-57(29-41-64)83(4,5)6)68-52-71-70-24-22-23-25-79(70)94-81(71)78(55-68)93-75-49-37-62(88(19,20)21)51-73(75)89-72-50-61(87(16,17)18)36-48-74(72)92(67-46-34-60(35-47-67)86(13,14)15)76-53-69(54-77(93)80(76)89)91(65-42-30-58(31-43-65)84(7,8)9)66-44-32-59(33-45-66)85(10,11)12/h22-55H,1-21H3. The second-order valence-electron chi connectivity index (χ2n) is 34.1. The first-order valence-corrected chi connectivity index (χ1v) is 35.0. The van der Waals surface area contributed by atoms with Crippen molar-refractivity contribution in [2.45, 2.75) is 183 Å². The molecule has 11 aromatic rings. The third-order valence-corrected chi connectivity index (χ3v) is 21.1. The SMILES string of the molecule is CC(C)(C)c1ccc(N(c2ccc(C(C)(C)C)cc2)c2cc3c4c(c2)N(c2cc(N(c5ccc(C(C)(C)C)cc5)c5ccc(C(C)(C)C)cc5)cc5c2sc2ccccc25)c2ccc(C(C)(C)C)cc2B4c2cc(C(C)(C)C)ccc2N3c2ccc(C(C)(C)C)cc2)cc1. The molecule has 10 aromatic carbocycles. The van der Waals surface area contributed by atoms with E-state index >= 15 is 0 Å². The van der Waals surface area contributed by atoms with Crippen molar-refractivity contribution < 1.29 is 0 Å². The molecule has 2 aliphatic rings. The molecule has 3 heterocycles. The van der Waals surface area contributed by atoms with Gasteiger partial charge in [0.05, 0.1) is 16.1 Å². The number of fused-ring (bicyclic) bond motifs is 7. The fourth-order valence-electron chi connectivity index (χ4n) is 14.1. The van der Waals surface area contributed by atoms with Crippen LogP contribution in [-0.4, -0.2) is 6.71 Å². The minimum Gasteiger partial charge on any atom is -0.311 e. The van der Waals surface area contributed by atoms with Crippen molar-refractivity contribution in [2.75, 3.05) is 19.6 Å². The number of hydrogen-bond donors (Lipinski definition) is 0. The van der Waals surface area contributed by atoms with E-state index in [9.17, 15) is 0 Å². The molecular formula is C88H97BN4S. The quantitative estimate of drug-likeness (QED) is 0.141. The Balaban J connectivity index is 1.19. The number of hydrogen-bond acceptors (Lipinski definition) is 5. The molecule has 478 valence electrons. The average molecular weight is 1250 g/mol. The zero-order chi connectivity index (χ0) is 67.1. The number of anilines is 12. The zero-order valence-corrected chi connectivity index (χ0v) is 60.7. The topological polar surface area (TPSA) is 13.0 Å². The molecule has 0 aliphatic carbocycles. The fourth-order valence-corrected chi connectivity index (χ4v) is 15.3. The molecule has 2 aliphatic heterocycles. The smallest absolute Gasteiger partial charge is 0.252 e. The minimum absolute atomic E-state index is 0.0128. The van der Waals surface area contributed by atoms with Gasteiger partial charge in [0.15, 0.2) is 0 Å². The lowest BCUT2D eigenvalue weighted by molar-refractivity contribution is 0.590. The Morgan fingerprint density at radius 2 is 0.596 bits per heavy atom. The summed E-state index contributed by atoms with van der Waals surface area (Å²) in [6.07, 6.45) is 0. The maximum absolute atomic E-state index is 2.70. The van der Waals surface area contributed by atoms with Gasteiger partial charge in [-0.3, -0.25) is 0 Å². The molecule has 0 fully saturated rings. The average Bonchev–Trinajstić information content (AvgIpc) is 0.833. The summed E-state index contributed by atoms with van der Waals surface area (Å²) in [4.78, 5) is 10.3. The zero-order valence-electron chi connectivity index (χ0n) is 59.9. The third-order valence-electron chi connectivity index (χ3n) is 19.9. The first kappa shape index (κ1) is 64.4. The first-order valence-electron chi connectivity index (χ1n) is 34.2. The molecule has 1 aromatic heterocycles. The van der Waals surface area contributed by atoms with E-state index < -0.39 is 0 Å². The molecule has 0 saturated heterocycles. The van der Waals surface area contributed by atoms with Gasteiger partial charge in [-0.25, -0.2) is 0 Å². The maximum atomic E-state index is 2.70. The van der Waals surface area contributed by atoms with Crippen LogP contribution in [0.15, 0.2) is 206 Å². The minimum atomic E-state index is -0.131. The van der Waals surface area contributed by atoms with Gasteiger partial charge >= 0.3 is 0 Å². The Kier molecular flexibility index (Phi) is 15.5. The molecule has 0 atom stereocenters. The van der Waals surface area contributed by atoms with Crippen LogP contribution >= 0.6 is 11.3 Å². The molecule has 0 amide bonds. The van der Waals surface area contributed by atoms with E-state index in [0.717, 1.165) is 51.2 Å². The van der Waals surface area contributed by atoms with Crippen molar-refractivity contribution in [2.24, 2.45) is 0 Å². The lowest BCUT2D eigenvalue weighted by atomic mass is 9.33. The summed E-state index contributed by atoms with van der Waals surface area (Å²) in [6.45, 7) is 48.7. The summed E-state index contributed by atoms with van der Waals surface area (Å²) in [5, 5.41) is 2.48. The van der Waals surface area contributed by atoms with Gasteiger partial charge in [-0.2, -0.15) is 0 Å². The van der Waals surface area contributed by atoms with Crippen molar-refractivity contribution in [3.8, 4) is 0 Å². The van der Waals surface area contributed by atoms with Gasteiger partial charge in [-0.15, -0.1) is 11.3 Å². The van der Waals surface area contributed by atoms with E-state index in [4.69, 9.17) is 0 Å². The van der Waals surface area contributed by atoms with Gasteiger partial charge < -0.3 is 19.6 Å². The van der Waals surface area contributed by atoms with Gasteiger partial charge in [-0.05, 0) is 196 Å². The Morgan fingerprint density at radius 1 is 0.277 bits per heavy atom. The summed E-state index contributed by atoms with van der Waals surface area (Å²) in [7, 11) is 0. The monoisotopic (exact) mass is 1250 g/mol. The van der Waals surface area contributed by atoms with E-state index in [0.29, 0.717) is 0 Å². The van der Waals surface area contributed by atoms with Crippen LogP contribution in [-0.2, 0) is 37.9 Å². The molecule has 4 nitrogen and oxygen atoms in total. The van der Waals surface area contributed by atoms with E-state index in [1.54, 1.807) is 0 Å². The van der Waals surface area contributed by atoms with Gasteiger partial charge in [0.25, 0.3) is 6.71 Å². The second kappa shape index (κ2) is 22.7.